The zero-order valence-electron chi connectivity index (χ0n) is 15.5. The molecule has 26 heavy (non-hydrogen) atoms. The van der Waals surface area contributed by atoms with Gasteiger partial charge in [0.1, 0.15) is 5.82 Å². The molecule has 0 saturated heterocycles. The summed E-state index contributed by atoms with van der Waals surface area (Å²) in [6.07, 6.45) is 12.8. The average Bonchev–Trinajstić information content (AvgIpc) is 2.63. The summed E-state index contributed by atoms with van der Waals surface area (Å²) in [5, 5.41) is 17.1. The van der Waals surface area contributed by atoms with Crippen molar-refractivity contribution >= 4 is 17.5 Å². The molecule has 1 aromatic heterocycles. The highest BCUT2D eigenvalue weighted by Crippen LogP contribution is 2.45. The molecule has 1 heterocycles. The molecule has 1 aromatic rings. The molecule has 5 N–H and O–H groups in total. The number of nitrogens with zero attached hydrogens (tertiary/aromatic N) is 2. The number of hydrogen-bond donors (Lipinski definition) is 4. The van der Waals surface area contributed by atoms with E-state index >= 15 is 0 Å². The maximum Gasteiger partial charge on any atom is 0.225 e. The molecule has 2 bridgehead atoms. The molecule has 5 rings (SSSR count). The van der Waals surface area contributed by atoms with Crippen LogP contribution in [0, 0.1) is 5.92 Å². The zero-order chi connectivity index (χ0) is 18.1. The van der Waals surface area contributed by atoms with Gasteiger partial charge >= 0.3 is 0 Å². The monoisotopic (exact) mass is 357 g/mol. The van der Waals surface area contributed by atoms with E-state index in [1.54, 1.807) is 6.20 Å². The first kappa shape index (κ1) is 17.6. The molecule has 4 saturated carbocycles. The molecule has 4 fully saturated rings. The van der Waals surface area contributed by atoms with Crippen LogP contribution >= 0.6 is 0 Å². The summed E-state index contributed by atoms with van der Waals surface area (Å²) in [6.45, 7) is 3.86. The number of rotatable bonds is 5. The number of fused-ring (bicyclic) bond motifs is 3. The standard InChI is InChI=1S/C20H31N5O/c1-13(21)17-12-22-19(25-20-8-5-14(6-9-20)7-10-20)24-18(17)23-15-3-2-4-16(26)11-15/h12,14-16,26H,1-11,21H2,(H2,22,23,24,25)/t14?,15-,16+,20?/m1/s1. The Bertz CT molecular complexity index is 654. The number of hydrogen-bond acceptors (Lipinski definition) is 6. The van der Waals surface area contributed by atoms with E-state index in [9.17, 15) is 5.11 Å². The van der Waals surface area contributed by atoms with Crippen LogP contribution < -0.4 is 16.4 Å². The van der Waals surface area contributed by atoms with Crippen LogP contribution in [0.5, 0.6) is 0 Å². The van der Waals surface area contributed by atoms with Crippen molar-refractivity contribution in [3.05, 3.63) is 18.3 Å². The van der Waals surface area contributed by atoms with Gasteiger partial charge in [-0.05, 0) is 70.1 Å². The smallest absolute Gasteiger partial charge is 0.225 e. The van der Waals surface area contributed by atoms with E-state index in [0.29, 0.717) is 11.6 Å². The Morgan fingerprint density at radius 2 is 1.92 bits per heavy atom. The van der Waals surface area contributed by atoms with Crippen molar-refractivity contribution in [2.75, 3.05) is 10.6 Å². The molecule has 142 valence electrons. The highest BCUT2D eigenvalue weighted by Gasteiger charge is 2.40. The van der Waals surface area contributed by atoms with Crippen molar-refractivity contribution in [2.24, 2.45) is 11.7 Å². The molecule has 0 aliphatic heterocycles. The maximum atomic E-state index is 9.95. The Labute approximate surface area is 155 Å². The first-order valence-corrected chi connectivity index (χ1v) is 10.1. The van der Waals surface area contributed by atoms with Gasteiger partial charge < -0.3 is 21.5 Å². The van der Waals surface area contributed by atoms with E-state index in [0.717, 1.165) is 43.0 Å². The summed E-state index contributed by atoms with van der Waals surface area (Å²) >= 11 is 0. The Morgan fingerprint density at radius 3 is 2.58 bits per heavy atom. The minimum absolute atomic E-state index is 0.161. The fraction of sp³-hybridized carbons (Fsp3) is 0.700. The van der Waals surface area contributed by atoms with Crippen LogP contribution in [-0.2, 0) is 0 Å². The average molecular weight is 358 g/mol. The number of nitrogens with one attached hydrogen (secondary N) is 2. The second-order valence-electron chi connectivity index (χ2n) is 8.53. The summed E-state index contributed by atoms with van der Waals surface area (Å²) < 4.78 is 0. The summed E-state index contributed by atoms with van der Waals surface area (Å²) in [7, 11) is 0. The van der Waals surface area contributed by atoms with E-state index in [4.69, 9.17) is 10.7 Å². The maximum absolute atomic E-state index is 9.95. The van der Waals surface area contributed by atoms with Crippen molar-refractivity contribution in [3.8, 4) is 0 Å². The largest absolute Gasteiger partial charge is 0.399 e. The number of aliphatic hydroxyl groups excluding tert-OH is 1. The van der Waals surface area contributed by atoms with Gasteiger partial charge in [-0.3, -0.25) is 0 Å². The Morgan fingerprint density at radius 1 is 1.19 bits per heavy atom. The predicted molar refractivity (Wildman–Crippen MR) is 105 cm³/mol. The fourth-order valence-corrected chi connectivity index (χ4v) is 4.95. The van der Waals surface area contributed by atoms with Crippen molar-refractivity contribution in [3.63, 3.8) is 0 Å². The molecule has 6 heteroatoms. The van der Waals surface area contributed by atoms with Crippen LogP contribution in [0.3, 0.4) is 0 Å². The second kappa shape index (κ2) is 7.06. The van der Waals surface area contributed by atoms with Crippen LogP contribution in [-0.4, -0.2) is 32.8 Å². The van der Waals surface area contributed by atoms with E-state index in [2.05, 4.69) is 22.2 Å². The minimum Gasteiger partial charge on any atom is -0.399 e. The molecule has 0 unspecified atom stereocenters. The number of anilines is 2. The van der Waals surface area contributed by atoms with Crippen LogP contribution in [0.15, 0.2) is 12.8 Å². The summed E-state index contributed by atoms with van der Waals surface area (Å²) in [4.78, 5) is 9.28. The lowest BCUT2D eigenvalue weighted by Gasteiger charge is -2.47. The highest BCUT2D eigenvalue weighted by atomic mass is 16.3. The lowest BCUT2D eigenvalue weighted by atomic mass is 9.66. The summed E-state index contributed by atoms with van der Waals surface area (Å²) in [5.41, 5.74) is 7.33. The highest BCUT2D eigenvalue weighted by molar-refractivity contribution is 5.71. The SMILES string of the molecule is C=C(N)c1cnc(NC23CCC(CC2)CC3)nc1N[C@@H]1CCC[C@H](O)C1. The zero-order valence-corrected chi connectivity index (χ0v) is 15.5. The molecule has 4 aliphatic carbocycles. The van der Waals surface area contributed by atoms with Gasteiger partial charge in [-0.2, -0.15) is 4.98 Å². The van der Waals surface area contributed by atoms with Crippen molar-refractivity contribution in [1.82, 2.24) is 9.97 Å². The minimum atomic E-state index is -0.235. The molecule has 6 nitrogen and oxygen atoms in total. The van der Waals surface area contributed by atoms with Gasteiger partial charge in [0.05, 0.1) is 11.7 Å². The summed E-state index contributed by atoms with van der Waals surface area (Å²) in [6, 6.07) is 0.211. The van der Waals surface area contributed by atoms with E-state index in [-0.39, 0.29) is 17.7 Å². The van der Waals surface area contributed by atoms with Crippen LogP contribution in [0.25, 0.3) is 5.70 Å². The van der Waals surface area contributed by atoms with Gasteiger partial charge in [0.25, 0.3) is 0 Å². The van der Waals surface area contributed by atoms with Gasteiger partial charge in [0, 0.05) is 23.5 Å². The first-order valence-electron chi connectivity index (χ1n) is 10.1. The van der Waals surface area contributed by atoms with Crippen LogP contribution in [0.4, 0.5) is 11.8 Å². The Hall–Kier alpha value is -1.82. The normalized spacial score (nSPS) is 33.7. The second-order valence-corrected chi connectivity index (χ2v) is 8.53. The molecule has 4 aliphatic rings. The van der Waals surface area contributed by atoms with E-state index in [1.165, 1.54) is 38.5 Å². The van der Waals surface area contributed by atoms with E-state index < -0.39 is 0 Å². The molecule has 0 aromatic carbocycles. The first-order chi connectivity index (χ1) is 12.5. The third-order valence-corrected chi connectivity index (χ3v) is 6.59. The van der Waals surface area contributed by atoms with Gasteiger partial charge in [0.15, 0.2) is 0 Å². The molecule has 0 spiro atoms. The van der Waals surface area contributed by atoms with Gasteiger partial charge in [-0.15, -0.1) is 0 Å². The third kappa shape index (κ3) is 3.65. The molecule has 0 amide bonds. The van der Waals surface area contributed by atoms with Gasteiger partial charge in [-0.25, -0.2) is 4.98 Å². The predicted octanol–water partition coefficient (Wildman–Crippen LogP) is 3.26. The lowest BCUT2D eigenvalue weighted by molar-refractivity contribution is 0.124. The van der Waals surface area contributed by atoms with E-state index in [1.807, 2.05) is 0 Å². The Balaban J connectivity index is 1.53. The third-order valence-electron chi connectivity index (χ3n) is 6.59. The number of aromatic nitrogens is 2. The quantitative estimate of drug-likeness (QED) is 0.646. The van der Waals surface area contributed by atoms with Crippen molar-refractivity contribution < 1.29 is 5.11 Å². The molecular weight excluding hydrogens is 326 g/mol. The lowest BCUT2D eigenvalue weighted by Crippen LogP contribution is -2.46. The van der Waals surface area contributed by atoms with Crippen LogP contribution in [0.1, 0.15) is 69.8 Å². The Kier molecular flexibility index (Phi) is 4.78. The van der Waals surface area contributed by atoms with Crippen molar-refractivity contribution in [2.45, 2.75) is 81.9 Å². The number of nitrogens with two attached hydrogens (primary N) is 1. The summed E-state index contributed by atoms with van der Waals surface area (Å²) in [5.74, 6) is 2.33. The van der Waals surface area contributed by atoms with Crippen LogP contribution in [0.2, 0.25) is 0 Å². The number of aliphatic hydroxyl groups is 1. The fourth-order valence-electron chi connectivity index (χ4n) is 4.95. The molecular formula is C20H31N5O. The van der Waals surface area contributed by atoms with Gasteiger partial charge in [0.2, 0.25) is 5.95 Å². The molecule has 2 atom stereocenters. The topological polar surface area (TPSA) is 96.1 Å². The van der Waals surface area contributed by atoms with Crippen molar-refractivity contribution in [1.29, 1.82) is 0 Å². The van der Waals surface area contributed by atoms with Gasteiger partial charge in [-0.1, -0.05) is 6.58 Å². The molecule has 0 radical (unpaired) electrons.